The Kier molecular flexibility index (Phi) is 7.14. The van der Waals surface area contributed by atoms with Crippen LogP contribution in [0.3, 0.4) is 0 Å². The number of esters is 1. The molecule has 1 aromatic heterocycles. The van der Waals surface area contributed by atoms with Gasteiger partial charge in [-0.1, -0.05) is 19.3 Å². The summed E-state index contributed by atoms with van der Waals surface area (Å²) in [5.74, 6) is -1.07. The van der Waals surface area contributed by atoms with Crippen LogP contribution in [-0.4, -0.2) is 41.3 Å². The van der Waals surface area contributed by atoms with E-state index >= 15 is 0 Å². The standard InChI is InChI=1S/C20H26N2O4S/c1-14-7-9-17(27-14)16(23)8-10-18(24)26-15(2)19(25)22(3)20(13-21)11-5-4-6-12-20/h7,9,15H,4-6,8,10-12H2,1-3H3/t15-/m1/s1. The molecule has 2 rings (SSSR count). The summed E-state index contributed by atoms with van der Waals surface area (Å²) in [6.45, 7) is 3.43. The Hall–Kier alpha value is -2.20. The van der Waals surface area contributed by atoms with E-state index < -0.39 is 17.6 Å². The molecule has 1 atom stereocenters. The molecular formula is C20H26N2O4S. The number of amides is 1. The van der Waals surface area contributed by atoms with Crippen molar-refractivity contribution in [3.05, 3.63) is 21.9 Å². The van der Waals surface area contributed by atoms with Crippen molar-refractivity contribution in [2.45, 2.75) is 70.4 Å². The average molecular weight is 391 g/mol. The number of Topliss-reactive ketones (excluding diaryl/α,β-unsaturated/α-hetero) is 1. The number of aryl methyl sites for hydroxylation is 1. The monoisotopic (exact) mass is 390 g/mol. The molecule has 0 unspecified atom stereocenters. The maximum absolute atomic E-state index is 12.6. The van der Waals surface area contributed by atoms with Crippen molar-refractivity contribution in [1.29, 1.82) is 5.26 Å². The summed E-state index contributed by atoms with van der Waals surface area (Å²) in [7, 11) is 1.60. The minimum absolute atomic E-state index is 0.0532. The number of nitrogens with zero attached hydrogens (tertiary/aromatic N) is 2. The maximum Gasteiger partial charge on any atom is 0.307 e. The lowest BCUT2D eigenvalue weighted by molar-refractivity contribution is -0.160. The molecule has 6 nitrogen and oxygen atoms in total. The van der Waals surface area contributed by atoms with E-state index in [4.69, 9.17) is 4.74 Å². The van der Waals surface area contributed by atoms with E-state index in [-0.39, 0.29) is 24.5 Å². The van der Waals surface area contributed by atoms with Crippen molar-refractivity contribution in [3.63, 3.8) is 0 Å². The molecule has 0 saturated heterocycles. The Morgan fingerprint density at radius 2 is 1.93 bits per heavy atom. The summed E-state index contributed by atoms with van der Waals surface area (Å²) >= 11 is 1.39. The lowest BCUT2D eigenvalue weighted by Gasteiger charge is -2.39. The highest BCUT2D eigenvalue weighted by atomic mass is 32.1. The summed E-state index contributed by atoms with van der Waals surface area (Å²) in [5, 5.41) is 9.59. The number of likely N-dealkylation sites (N-methyl/N-ethyl adjacent to an activating group) is 1. The van der Waals surface area contributed by atoms with Gasteiger partial charge in [0.1, 0.15) is 5.54 Å². The topological polar surface area (TPSA) is 87.5 Å². The number of thiophene rings is 1. The highest BCUT2D eigenvalue weighted by molar-refractivity contribution is 7.14. The van der Waals surface area contributed by atoms with E-state index in [0.717, 1.165) is 24.1 Å². The number of ether oxygens (including phenoxy) is 1. The van der Waals surface area contributed by atoms with E-state index in [1.807, 2.05) is 13.0 Å². The second kappa shape index (κ2) is 9.14. The fourth-order valence-corrected chi connectivity index (χ4v) is 4.21. The summed E-state index contributed by atoms with van der Waals surface area (Å²) < 4.78 is 5.22. The van der Waals surface area contributed by atoms with E-state index in [1.165, 1.54) is 23.2 Å². The van der Waals surface area contributed by atoms with Crippen LogP contribution in [-0.2, 0) is 14.3 Å². The third-order valence-corrected chi connectivity index (χ3v) is 6.13. The molecule has 0 aromatic carbocycles. The Morgan fingerprint density at radius 3 is 2.48 bits per heavy atom. The largest absolute Gasteiger partial charge is 0.453 e. The number of hydrogen-bond donors (Lipinski definition) is 0. The van der Waals surface area contributed by atoms with Crippen molar-refractivity contribution in [2.24, 2.45) is 0 Å². The van der Waals surface area contributed by atoms with Crippen LogP contribution in [0.1, 0.15) is 66.4 Å². The third-order valence-electron chi connectivity index (χ3n) is 5.09. The second-order valence-electron chi connectivity index (χ2n) is 7.07. The van der Waals surface area contributed by atoms with Gasteiger partial charge >= 0.3 is 5.97 Å². The Morgan fingerprint density at radius 1 is 1.26 bits per heavy atom. The van der Waals surface area contributed by atoms with Crippen LogP contribution in [0.4, 0.5) is 0 Å². The number of ketones is 1. The zero-order chi connectivity index (χ0) is 20.0. The van der Waals surface area contributed by atoms with Gasteiger partial charge in [0.05, 0.1) is 17.4 Å². The molecule has 1 saturated carbocycles. The lowest BCUT2D eigenvalue weighted by atomic mass is 9.81. The second-order valence-corrected chi connectivity index (χ2v) is 8.35. The smallest absolute Gasteiger partial charge is 0.307 e. The van der Waals surface area contributed by atoms with E-state index in [2.05, 4.69) is 6.07 Å². The average Bonchev–Trinajstić information content (AvgIpc) is 3.11. The van der Waals surface area contributed by atoms with Gasteiger partial charge in [0.2, 0.25) is 0 Å². The number of carbonyl (C=O) groups is 3. The van der Waals surface area contributed by atoms with Gasteiger partial charge in [-0.15, -0.1) is 11.3 Å². The first-order chi connectivity index (χ1) is 12.8. The van der Waals surface area contributed by atoms with Crippen LogP contribution in [0.2, 0.25) is 0 Å². The molecule has 0 aliphatic heterocycles. The number of rotatable bonds is 7. The summed E-state index contributed by atoms with van der Waals surface area (Å²) in [4.78, 5) is 39.8. The quantitative estimate of drug-likeness (QED) is 0.524. The molecule has 7 heteroatoms. The summed E-state index contributed by atoms with van der Waals surface area (Å²) in [5.41, 5.74) is -0.816. The van der Waals surface area contributed by atoms with Crippen molar-refractivity contribution < 1.29 is 19.1 Å². The SMILES string of the molecule is Cc1ccc(C(=O)CCC(=O)O[C@H](C)C(=O)N(C)C2(C#N)CCCCC2)s1. The molecule has 1 aliphatic rings. The Bertz CT molecular complexity index is 743. The normalized spacial score (nSPS) is 16.8. The van der Waals surface area contributed by atoms with Gasteiger partial charge in [-0.2, -0.15) is 5.26 Å². The molecule has 1 fully saturated rings. The van der Waals surface area contributed by atoms with Crippen LogP contribution < -0.4 is 0 Å². The first kappa shape index (κ1) is 21.1. The number of hydrogen-bond acceptors (Lipinski definition) is 6. The predicted molar refractivity (Wildman–Crippen MR) is 102 cm³/mol. The van der Waals surface area contributed by atoms with Crippen molar-refractivity contribution in [2.75, 3.05) is 7.05 Å². The number of carbonyl (C=O) groups excluding carboxylic acids is 3. The van der Waals surface area contributed by atoms with Crippen LogP contribution in [0.25, 0.3) is 0 Å². The molecule has 1 aromatic rings. The van der Waals surface area contributed by atoms with Gasteiger partial charge in [0, 0.05) is 18.3 Å². The lowest BCUT2D eigenvalue weighted by Crippen LogP contribution is -2.53. The van der Waals surface area contributed by atoms with Crippen LogP contribution >= 0.6 is 11.3 Å². The molecule has 0 spiro atoms. The molecule has 146 valence electrons. The predicted octanol–water partition coefficient (Wildman–Crippen LogP) is 3.64. The van der Waals surface area contributed by atoms with Crippen LogP contribution in [0.15, 0.2) is 12.1 Å². The minimum Gasteiger partial charge on any atom is -0.453 e. The van der Waals surface area contributed by atoms with Crippen LogP contribution in [0.5, 0.6) is 0 Å². The van der Waals surface area contributed by atoms with E-state index in [9.17, 15) is 19.6 Å². The van der Waals surface area contributed by atoms with Gasteiger partial charge in [-0.25, -0.2) is 0 Å². The van der Waals surface area contributed by atoms with Crippen molar-refractivity contribution >= 4 is 29.0 Å². The van der Waals surface area contributed by atoms with Gasteiger partial charge in [0.15, 0.2) is 11.9 Å². The van der Waals surface area contributed by atoms with Crippen molar-refractivity contribution in [3.8, 4) is 6.07 Å². The van der Waals surface area contributed by atoms with Gasteiger partial charge in [0.25, 0.3) is 5.91 Å². The molecule has 0 N–H and O–H groups in total. The molecule has 1 amide bonds. The first-order valence-corrected chi connectivity index (χ1v) is 10.1. The minimum atomic E-state index is -0.978. The van der Waals surface area contributed by atoms with E-state index in [1.54, 1.807) is 13.1 Å². The fraction of sp³-hybridized carbons (Fsp3) is 0.600. The zero-order valence-corrected chi connectivity index (χ0v) is 16.9. The summed E-state index contributed by atoms with van der Waals surface area (Å²) in [6.07, 6.45) is 3.16. The molecule has 0 bridgehead atoms. The highest BCUT2D eigenvalue weighted by Crippen LogP contribution is 2.33. The Labute approximate surface area is 164 Å². The number of nitriles is 1. The first-order valence-electron chi connectivity index (χ1n) is 9.27. The zero-order valence-electron chi connectivity index (χ0n) is 16.1. The van der Waals surface area contributed by atoms with Gasteiger partial charge in [-0.3, -0.25) is 14.4 Å². The van der Waals surface area contributed by atoms with Gasteiger partial charge in [-0.05, 0) is 38.8 Å². The van der Waals surface area contributed by atoms with E-state index in [0.29, 0.717) is 17.7 Å². The maximum atomic E-state index is 12.6. The Balaban J connectivity index is 1.86. The third kappa shape index (κ3) is 5.16. The van der Waals surface area contributed by atoms with Crippen molar-refractivity contribution in [1.82, 2.24) is 4.90 Å². The van der Waals surface area contributed by atoms with Gasteiger partial charge < -0.3 is 9.64 Å². The molecular weight excluding hydrogens is 364 g/mol. The van der Waals surface area contributed by atoms with Crippen LogP contribution in [0, 0.1) is 18.3 Å². The molecule has 1 aliphatic carbocycles. The molecule has 27 heavy (non-hydrogen) atoms. The summed E-state index contributed by atoms with van der Waals surface area (Å²) in [6, 6.07) is 5.90. The fourth-order valence-electron chi connectivity index (χ4n) is 3.37. The molecule has 0 radical (unpaired) electrons. The molecule has 1 heterocycles. The highest BCUT2D eigenvalue weighted by Gasteiger charge is 2.40.